The van der Waals surface area contributed by atoms with E-state index in [9.17, 15) is 9.18 Å². The summed E-state index contributed by atoms with van der Waals surface area (Å²) in [6.07, 6.45) is 7.17. The van der Waals surface area contributed by atoms with Gasteiger partial charge in [0.25, 0.3) is 5.91 Å². The Bertz CT molecular complexity index is 527. The van der Waals surface area contributed by atoms with E-state index >= 15 is 0 Å². The van der Waals surface area contributed by atoms with Gasteiger partial charge in [0, 0.05) is 25.5 Å². The number of nitrogens with zero attached hydrogens (tertiary/aromatic N) is 3. The highest BCUT2D eigenvalue weighted by atomic mass is 19.1. The van der Waals surface area contributed by atoms with Crippen LogP contribution in [0.3, 0.4) is 0 Å². The van der Waals surface area contributed by atoms with Gasteiger partial charge in [-0.2, -0.15) is 4.39 Å². The average Bonchev–Trinajstić information content (AvgIpc) is 2.91. The van der Waals surface area contributed by atoms with Crippen molar-refractivity contribution >= 4 is 5.91 Å². The number of halogens is 1. The SMILES string of the molecule is O=C(NCCCCn1ccnc1)c1cccc(F)n1. The maximum atomic E-state index is 12.8. The van der Waals surface area contributed by atoms with Crippen LogP contribution in [-0.4, -0.2) is 27.0 Å². The van der Waals surface area contributed by atoms with Gasteiger partial charge < -0.3 is 9.88 Å². The van der Waals surface area contributed by atoms with Crippen molar-refractivity contribution in [3.8, 4) is 0 Å². The van der Waals surface area contributed by atoms with Crippen LogP contribution in [0.5, 0.6) is 0 Å². The van der Waals surface area contributed by atoms with E-state index in [-0.39, 0.29) is 11.6 Å². The first-order valence-electron chi connectivity index (χ1n) is 6.12. The lowest BCUT2D eigenvalue weighted by molar-refractivity contribution is 0.0946. The third-order valence-corrected chi connectivity index (χ3v) is 2.64. The molecule has 0 fully saturated rings. The Balaban J connectivity index is 1.67. The number of carbonyl (C=O) groups excluding carboxylic acids is 1. The number of unbranched alkanes of at least 4 members (excludes halogenated alkanes) is 1. The van der Waals surface area contributed by atoms with Crippen LogP contribution in [0.25, 0.3) is 0 Å². The Morgan fingerprint density at radius 2 is 2.26 bits per heavy atom. The van der Waals surface area contributed by atoms with E-state index in [2.05, 4.69) is 15.3 Å². The molecule has 2 aromatic rings. The molecule has 0 saturated heterocycles. The van der Waals surface area contributed by atoms with Gasteiger partial charge in [-0.3, -0.25) is 4.79 Å². The van der Waals surface area contributed by atoms with Crippen molar-refractivity contribution in [2.75, 3.05) is 6.54 Å². The fourth-order valence-corrected chi connectivity index (χ4v) is 1.67. The molecule has 1 N–H and O–H groups in total. The molecule has 2 heterocycles. The van der Waals surface area contributed by atoms with Crippen LogP contribution in [0.1, 0.15) is 23.3 Å². The second-order valence-corrected chi connectivity index (χ2v) is 4.11. The van der Waals surface area contributed by atoms with Gasteiger partial charge in [-0.05, 0) is 25.0 Å². The zero-order chi connectivity index (χ0) is 13.5. The van der Waals surface area contributed by atoms with E-state index in [0.29, 0.717) is 6.54 Å². The van der Waals surface area contributed by atoms with Crippen molar-refractivity contribution in [1.29, 1.82) is 0 Å². The minimum absolute atomic E-state index is 0.106. The molecule has 0 radical (unpaired) electrons. The minimum Gasteiger partial charge on any atom is -0.351 e. The van der Waals surface area contributed by atoms with Crippen LogP contribution in [-0.2, 0) is 6.54 Å². The van der Waals surface area contributed by atoms with Gasteiger partial charge in [0.05, 0.1) is 6.33 Å². The molecule has 6 heteroatoms. The van der Waals surface area contributed by atoms with E-state index in [1.807, 2.05) is 10.8 Å². The second kappa shape index (κ2) is 6.63. The molecule has 0 atom stereocenters. The molecule has 19 heavy (non-hydrogen) atoms. The number of rotatable bonds is 6. The zero-order valence-corrected chi connectivity index (χ0v) is 10.4. The Morgan fingerprint density at radius 1 is 1.37 bits per heavy atom. The van der Waals surface area contributed by atoms with Gasteiger partial charge in [-0.15, -0.1) is 0 Å². The maximum Gasteiger partial charge on any atom is 0.269 e. The van der Waals surface area contributed by atoms with Gasteiger partial charge in [0.15, 0.2) is 0 Å². The van der Waals surface area contributed by atoms with Crippen molar-refractivity contribution in [1.82, 2.24) is 19.9 Å². The van der Waals surface area contributed by atoms with Crippen molar-refractivity contribution in [2.45, 2.75) is 19.4 Å². The van der Waals surface area contributed by atoms with Crippen LogP contribution in [0.2, 0.25) is 0 Å². The number of aromatic nitrogens is 3. The quantitative estimate of drug-likeness (QED) is 0.635. The van der Waals surface area contributed by atoms with E-state index in [1.165, 1.54) is 18.2 Å². The highest BCUT2D eigenvalue weighted by molar-refractivity contribution is 5.92. The smallest absolute Gasteiger partial charge is 0.269 e. The van der Waals surface area contributed by atoms with E-state index < -0.39 is 5.95 Å². The van der Waals surface area contributed by atoms with Crippen LogP contribution >= 0.6 is 0 Å². The first-order chi connectivity index (χ1) is 9.25. The maximum absolute atomic E-state index is 12.8. The number of pyridine rings is 1. The van der Waals surface area contributed by atoms with E-state index in [1.54, 1.807) is 12.5 Å². The van der Waals surface area contributed by atoms with Gasteiger partial charge >= 0.3 is 0 Å². The highest BCUT2D eigenvalue weighted by Gasteiger charge is 2.06. The number of nitrogens with one attached hydrogen (secondary N) is 1. The molecule has 0 aromatic carbocycles. The fraction of sp³-hybridized carbons (Fsp3) is 0.308. The standard InChI is InChI=1S/C13H15FN4O/c14-12-5-3-4-11(17-12)13(19)16-6-1-2-8-18-9-7-15-10-18/h3-5,7,9-10H,1-2,6,8H2,(H,16,19). The Labute approximate surface area is 110 Å². The lowest BCUT2D eigenvalue weighted by Crippen LogP contribution is -2.25. The van der Waals surface area contributed by atoms with Crippen molar-refractivity contribution in [3.05, 3.63) is 48.6 Å². The molecule has 2 rings (SSSR count). The summed E-state index contributed by atoms with van der Waals surface area (Å²) in [5.74, 6) is -0.991. The molecule has 1 amide bonds. The number of imidazole rings is 1. The summed E-state index contributed by atoms with van der Waals surface area (Å²) < 4.78 is 14.8. The molecule has 0 unspecified atom stereocenters. The predicted octanol–water partition coefficient (Wildman–Crippen LogP) is 1.63. The topological polar surface area (TPSA) is 59.8 Å². The fourth-order valence-electron chi connectivity index (χ4n) is 1.67. The normalized spacial score (nSPS) is 10.4. The minimum atomic E-state index is -0.646. The van der Waals surface area contributed by atoms with Crippen molar-refractivity contribution in [3.63, 3.8) is 0 Å². The summed E-state index contributed by atoms with van der Waals surface area (Å²) in [6, 6.07) is 4.17. The van der Waals surface area contributed by atoms with Gasteiger partial charge in [-0.1, -0.05) is 6.07 Å². The summed E-state index contributed by atoms with van der Waals surface area (Å²) in [7, 11) is 0. The van der Waals surface area contributed by atoms with Crippen LogP contribution < -0.4 is 5.32 Å². The summed E-state index contributed by atoms with van der Waals surface area (Å²) >= 11 is 0. The predicted molar refractivity (Wildman–Crippen MR) is 68.0 cm³/mol. The summed E-state index contributed by atoms with van der Waals surface area (Å²) in [5.41, 5.74) is 0.106. The number of carbonyl (C=O) groups is 1. The molecular weight excluding hydrogens is 247 g/mol. The number of aryl methyl sites for hydroxylation is 1. The summed E-state index contributed by atoms with van der Waals surface area (Å²) in [5, 5.41) is 2.71. The van der Waals surface area contributed by atoms with Crippen molar-refractivity contribution < 1.29 is 9.18 Å². The monoisotopic (exact) mass is 262 g/mol. The molecular formula is C13H15FN4O. The molecule has 0 bridgehead atoms. The van der Waals surface area contributed by atoms with Crippen LogP contribution in [0, 0.1) is 5.95 Å². The Morgan fingerprint density at radius 3 is 3.00 bits per heavy atom. The number of amides is 1. The molecule has 0 aliphatic heterocycles. The number of hydrogen-bond acceptors (Lipinski definition) is 3. The highest BCUT2D eigenvalue weighted by Crippen LogP contribution is 1.98. The Hall–Kier alpha value is -2.24. The largest absolute Gasteiger partial charge is 0.351 e. The molecule has 0 saturated carbocycles. The molecule has 0 aliphatic rings. The van der Waals surface area contributed by atoms with Gasteiger partial charge in [0.2, 0.25) is 5.95 Å². The van der Waals surface area contributed by atoms with E-state index in [0.717, 1.165) is 19.4 Å². The van der Waals surface area contributed by atoms with Gasteiger partial charge in [0.1, 0.15) is 5.69 Å². The third-order valence-electron chi connectivity index (χ3n) is 2.64. The Kier molecular flexibility index (Phi) is 4.60. The molecule has 5 nitrogen and oxygen atoms in total. The third kappa shape index (κ3) is 4.17. The zero-order valence-electron chi connectivity index (χ0n) is 10.4. The first-order valence-corrected chi connectivity index (χ1v) is 6.12. The molecule has 100 valence electrons. The summed E-state index contributed by atoms with van der Waals surface area (Å²) in [6.45, 7) is 1.42. The molecule has 0 aliphatic carbocycles. The molecule has 0 spiro atoms. The van der Waals surface area contributed by atoms with Crippen LogP contribution in [0.4, 0.5) is 4.39 Å². The van der Waals surface area contributed by atoms with E-state index in [4.69, 9.17) is 0 Å². The lowest BCUT2D eigenvalue weighted by atomic mass is 10.3. The summed E-state index contributed by atoms with van der Waals surface area (Å²) in [4.78, 5) is 19.1. The van der Waals surface area contributed by atoms with Gasteiger partial charge in [-0.25, -0.2) is 9.97 Å². The molecule has 2 aromatic heterocycles. The lowest BCUT2D eigenvalue weighted by Gasteiger charge is -2.05. The number of hydrogen-bond donors (Lipinski definition) is 1. The second-order valence-electron chi connectivity index (χ2n) is 4.11. The van der Waals surface area contributed by atoms with Crippen LogP contribution in [0.15, 0.2) is 36.9 Å². The average molecular weight is 262 g/mol. The first kappa shape index (κ1) is 13.2. The van der Waals surface area contributed by atoms with Crippen molar-refractivity contribution in [2.24, 2.45) is 0 Å².